The summed E-state index contributed by atoms with van der Waals surface area (Å²) in [4.78, 5) is 19.2. The zero-order valence-corrected chi connectivity index (χ0v) is 17.4. The van der Waals surface area contributed by atoms with Crippen molar-refractivity contribution in [2.24, 2.45) is 4.99 Å². The molecular formula is C22H16Cl3N3O. The first kappa shape index (κ1) is 19.8. The van der Waals surface area contributed by atoms with Crippen LogP contribution < -0.4 is 10.2 Å². The number of anilines is 1. The summed E-state index contributed by atoms with van der Waals surface area (Å²) in [7, 11) is 0. The Labute approximate surface area is 183 Å². The van der Waals surface area contributed by atoms with Gasteiger partial charge in [0.2, 0.25) is 0 Å². The third kappa shape index (κ3) is 4.25. The van der Waals surface area contributed by atoms with Crippen LogP contribution in [0.15, 0.2) is 77.8 Å². The first-order valence-corrected chi connectivity index (χ1v) is 10.1. The van der Waals surface area contributed by atoms with E-state index in [1.54, 1.807) is 35.2 Å². The molecule has 1 aliphatic rings. The lowest BCUT2D eigenvalue weighted by Crippen LogP contribution is -2.29. The highest BCUT2D eigenvalue weighted by Gasteiger charge is 2.38. The molecule has 0 saturated carbocycles. The number of amidine groups is 1. The van der Waals surface area contributed by atoms with Crippen molar-refractivity contribution in [1.82, 2.24) is 5.32 Å². The number of nitrogens with zero attached hydrogens (tertiary/aromatic N) is 2. The third-order valence-electron chi connectivity index (χ3n) is 4.61. The van der Waals surface area contributed by atoms with Crippen LogP contribution >= 0.6 is 34.8 Å². The largest absolute Gasteiger partial charge is 0.328 e. The van der Waals surface area contributed by atoms with Gasteiger partial charge in [-0.25, -0.2) is 4.79 Å². The second kappa shape index (κ2) is 8.46. The van der Waals surface area contributed by atoms with Crippen LogP contribution in [0.3, 0.4) is 0 Å². The van der Waals surface area contributed by atoms with Crippen LogP contribution in [-0.2, 0) is 6.54 Å². The number of carbonyl (C=O) groups is 1. The molecule has 3 aromatic rings. The maximum atomic E-state index is 12.9. The summed E-state index contributed by atoms with van der Waals surface area (Å²) in [6, 6.07) is 21.6. The van der Waals surface area contributed by atoms with Crippen LogP contribution in [0.2, 0.25) is 15.1 Å². The molecule has 1 N–H and O–H groups in total. The van der Waals surface area contributed by atoms with Gasteiger partial charge in [0.1, 0.15) is 11.9 Å². The van der Waals surface area contributed by atoms with Gasteiger partial charge in [0.15, 0.2) is 0 Å². The number of nitrogens with one attached hydrogen (secondary N) is 1. The molecular weight excluding hydrogens is 429 g/mol. The molecule has 1 fully saturated rings. The molecule has 0 aliphatic carbocycles. The van der Waals surface area contributed by atoms with E-state index in [0.29, 0.717) is 33.1 Å². The van der Waals surface area contributed by atoms with Crippen molar-refractivity contribution < 1.29 is 4.79 Å². The predicted octanol–water partition coefficient (Wildman–Crippen LogP) is 6.52. The second-order valence-electron chi connectivity index (χ2n) is 6.54. The number of carbonyl (C=O) groups excluding carboxylic acids is 1. The van der Waals surface area contributed by atoms with Gasteiger partial charge < -0.3 is 0 Å². The molecule has 1 heterocycles. The molecule has 0 aromatic heterocycles. The lowest BCUT2D eigenvalue weighted by atomic mass is 10.0. The standard InChI is InChI=1S/C22H16Cl3N3O/c23-16-8-6-15(7-9-16)20-21(26-13-14-4-2-1-3-5-14)27-22(29)28(20)17-10-11-18(24)19(25)12-17/h1-12,20H,13H2,(H,26,27,29). The minimum Gasteiger partial charge on any atom is -0.294 e. The molecule has 3 aromatic carbocycles. The highest BCUT2D eigenvalue weighted by atomic mass is 35.5. The van der Waals surface area contributed by atoms with E-state index >= 15 is 0 Å². The van der Waals surface area contributed by atoms with Crippen molar-refractivity contribution in [2.45, 2.75) is 12.6 Å². The van der Waals surface area contributed by atoms with E-state index in [0.717, 1.165) is 11.1 Å². The number of benzene rings is 3. The summed E-state index contributed by atoms with van der Waals surface area (Å²) in [5.41, 5.74) is 2.56. The maximum Gasteiger partial charge on any atom is 0.328 e. The molecule has 146 valence electrons. The predicted molar refractivity (Wildman–Crippen MR) is 119 cm³/mol. The fourth-order valence-corrected chi connectivity index (χ4v) is 3.64. The molecule has 1 saturated heterocycles. The molecule has 0 bridgehead atoms. The van der Waals surface area contributed by atoms with Gasteiger partial charge in [0.05, 0.1) is 16.6 Å². The fourth-order valence-electron chi connectivity index (χ4n) is 3.22. The minimum atomic E-state index is -0.430. The van der Waals surface area contributed by atoms with E-state index in [-0.39, 0.29) is 6.03 Å². The summed E-state index contributed by atoms with van der Waals surface area (Å²) in [5.74, 6) is 0.562. The van der Waals surface area contributed by atoms with Gasteiger partial charge in [-0.3, -0.25) is 15.2 Å². The minimum absolute atomic E-state index is 0.282. The van der Waals surface area contributed by atoms with Crippen LogP contribution in [-0.4, -0.2) is 11.9 Å². The fraction of sp³-hybridized carbons (Fsp3) is 0.0909. The van der Waals surface area contributed by atoms with Gasteiger partial charge in [-0.2, -0.15) is 0 Å². The highest BCUT2D eigenvalue weighted by molar-refractivity contribution is 6.42. The van der Waals surface area contributed by atoms with Crippen LogP contribution in [0, 0.1) is 0 Å². The van der Waals surface area contributed by atoms with Crippen molar-refractivity contribution in [1.29, 1.82) is 0 Å². The normalized spacial score (nSPS) is 17.6. The molecule has 0 spiro atoms. The second-order valence-corrected chi connectivity index (χ2v) is 7.79. The molecule has 1 atom stereocenters. The molecule has 4 rings (SSSR count). The average Bonchev–Trinajstić information content (AvgIpc) is 3.06. The van der Waals surface area contributed by atoms with Gasteiger partial charge in [-0.1, -0.05) is 77.3 Å². The van der Waals surface area contributed by atoms with Crippen molar-refractivity contribution >= 4 is 52.4 Å². The summed E-state index contributed by atoms with van der Waals surface area (Å²) < 4.78 is 0. The number of urea groups is 1. The maximum absolute atomic E-state index is 12.9. The van der Waals surface area contributed by atoms with E-state index in [1.807, 2.05) is 42.5 Å². The Morgan fingerprint density at radius 3 is 2.31 bits per heavy atom. The first-order chi connectivity index (χ1) is 14.0. The molecule has 4 nitrogen and oxygen atoms in total. The zero-order valence-electron chi connectivity index (χ0n) is 15.1. The van der Waals surface area contributed by atoms with E-state index in [2.05, 4.69) is 5.32 Å². The van der Waals surface area contributed by atoms with Crippen LogP contribution in [0.1, 0.15) is 17.2 Å². The monoisotopic (exact) mass is 443 g/mol. The number of hydrogen-bond acceptors (Lipinski definition) is 2. The van der Waals surface area contributed by atoms with Gasteiger partial charge >= 0.3 is 6.03 Å². The van der Waals surface area contributed by atoms with Crippen LogP contribution in [0.5, 0.6) is 0 Å². The Morgan fingerprint density at radius 1 is 0.897 bits per heavy atom. The quantitative estimate of drug-likeness (QED) is 0.489. The lowest BCUT2D eigenvalue weighted by Gasteiger charge is -2.24. The summed E-state index contributed by atoms with van der Waals surface area (Å²) >= 11 is 18.3. The Bertz CT molecular complexity index is 1070. The third-order valence-corrected chi connectivity index (χ3v) is 5.60. The van der Waals surface area contributed by atoms with E-state index in [1.165, 1.54) is 0 Å². The van der Waals surface area contributed by atoms with Crippen molar-refractivity contribution in [2.75, 3.05) is 4.90 Å². The average molecular weight is 445 g/mol. The van der Waals surface area contributed by atoms with E-state index < -0.39 is 6.04 Å². The highest BCUT2D eigenvalue weighted by Crippen LogP contribution is 2.35. The van der Waals surface area contributed by atoms with Gasteiger partial charge in [0, 0.05) is 10.7 Å². The lowest BCUT2D eigenvalue weighted by molar-refractivity contribution is 0.252. The molecule has 7 heteroatoms. The number of amides is 2. The van der Waals surface area contributed by atoms with Crippen LogP contribution in [0.25, 0.3) is 0 Å². The summed E-state index contributed by atoms with van der Waals surface area (Å²) in [6.45, 7) is 0.454. The Hall–Kier alpha value is -2.53. The molecule has 29 heavy (non-hydrogen) atoms. The number of halogens is 3. The van der Waals surface area contributed by atoms with Crippen LogP contribution in [0.4, 0.5) is 10.5 Å². The van der Waals surface area contributed by atoms with E-state index in [4.69, 9.17) is 39.8 Å². The number of hydrogen-bond donors (Lipinski definition) is 1. The summed E-state index contributed by atoms with van der Waals surface area (Å²) in [6.07, 6.45) is 0. The van der Waals surface area contributed by atoms with Crippen molar-refractivity contribution in [3.05, 3.63) is 99.0 Å². The first-order valence-electron chi connectivity index (χ1n) is 8.92. The zero-order chi connectivity index (χ0) is 20.4. The number of aliphatic imine (C=N–C) groups is 1. The van der Waals surface area contributed by atoms with Gasteiger partial charge in [-0.05, 0) is 41.5 Å². The van der Waals surface area contributed by atoms with E-state index in [9.17, 15) is 4.79 Å². The molecule has 1 unspecified atom stereocenters. The Kier molecular flexibility index (Phi) is 5.76. The van der Waals surface area contributed by atoms with Gasteiger partial charge in [-0.15, -0.1) is 0 Å². The smallest absolute Gasteiger partial charge is 0.294 e. The molecule has 0 radical (unpaired) electrons. The topological polar surface area (TPSA) is 44.7 Å². The Balaban J connectivity index is 1.76. The molecule has 2 amide bonds. The Morgan fingerprint density at radius 2 is 1.62 bits per heavy atom. The van der Waals surface area contributed by atoms with Crippen molar-refractivity contribution in [3.8, 4) is 0 Å². The van der Waals surface area contributed by atoms with Gasteiger partial charge in [0.25, 0.3) is 0 Å². The molecule has 1 aliphatic heterocycles. The number of rotatable bonds is 4. The SMILES string of the molecule is O=C1NC(=NCc2ccccc2)C(c2ccc(Cl)cc2)N1c1ccc(Cl)c(Cl)c1. The summed E-state index contributed by atoms with van der Waals surface area (Å²) in [5, 5.41) is 4.32. The van der Waals surface area contributed by atoms with Crippen molar-refractivity contribution in [3.63, 3.8) is 0 Å².